The van der Waals surface area contributed by atoms with Crippen LogP contribution in [0, 0.1) is 10.1 Å². The van der Waals surface area contributed by atoms with Crippen molar-refractivity contribution in [2.24, 2.45) is 0 Å². The van der Waals surface area contributed by atoms with Crippen molar-refractivity contribution in [3.05, 3.63) is 32.9 Å². The summed E-state index contributed by atoms with van der Waals surface area (Å²) >= 11 is 0. The maximum absolute atomic E-state index is 10.4. The first-order valence-electron chi connectivity index (χ1n) is 2.54. The number of hydrogen-bond acceptors (Lipinski definition) is 5. The second-order valence-corrected chi connectivity index (χ2v) is 1.67. The predicted molar refractivity (Wildman–Crippen MR) is 32.3 cm³/mol. The van der Waals surface area contributed by atoms with E-state index in [2.05, 4.69) is 4.98 Å². The van der Waals surface area contributed by atoms with Gasteiger partial charge in [0.05, 0.1) is 12.3 Å². The third kappa shape index (κ3) is 1.31. The summed E-state index contributed by atoms with van der Waals surface area (Å²) in [5.74, 6) is -0.583. The maximum Gasteiger partial charge on any atom is 0.489 e. The summed E-state index contributed by atoms with van der Waals surface area (Å²) in [5.41, 5.74) is -1.07. The van der Waals surface area contributed by atoms with Gasteiger partial charge in [-0.2, -0.15) is 0 Å². The van der Waals surface area contributed by atoms with E-state index in [-0.39, 0.29) is 4.73 Å². The molecule has 7 nitrogen and oxygen atoms in total. The Hall–Kier alpha value is -1.92. The van der Waals surface area contributed by atoms with E-state index in [1.165, 1.54) is 0 Å². The lowest BCUT2D eigenvalue weighted by molar-refractivity contribution is -0.390. The van der Waals surface area contributed by atoms with Crippen molar-refractivity contribution in [2.75, 3.05) is 0 Å². The molecule has 58 valence electrons. The van der Waals surface area contributed by atoms with Crippen LogP contribution in [-0.4, -0.2) is 19.8 Å². The molecule has 0 aromatic carbocycles. The van der Waals surface area contributed by atoms with Crippen molar-refractivity contribution in [1.29, 1.82) is 0 Å². The molecule has 0 amide bonds. The first-order valence-corrected chi connectivity index (χ1v) is 2.54. The van der Waals surface area contributed by atoms with Crippen LogP contribution in [0.15, 0.2) is 17.1 Å². The van der Waals surface area contributed by atoms with E-state index >= 15 is 0 Å². The molecule has 1 aromatic heterocycles. The van der Waals surface area contributed by atoms with Gasteiger partial charge in [0.15, 0.2) is 0 Å². The summed E-state index contributed by atoms with van der Waals surface area (Å²) in [5, 5.41) is 18.5. The minimum Gasteiger partial charge on any atom is -0.422 e. The van der Waals surface area contributed by atoms with E-state index in [1.54, 1.807) is 0 Å². The molecule has 0 aliphatic carbocycles. The number of aromatic nitrogens is 2. The number of rotatable bonds is 1. The molecule has 0 aliphatic rings. The summed E-state index contributed by atoms with van der Waals surface area (Å²) in [6, 6.07) is 0.918. The Kier molecular flexibility index (Phi) is 1.55. The minimum atomic E-state index is -1.07. The predicted octanol–water partition coefficient (Wildman–Crippen LogP) is -0.611. The third-order valence-corrected chi connectivity index (χ3v) is 0.958. The molecule has 0 saturated heterocycles. The molecule has 0 saturated carbocycles. The molecule has 1 N–H and O–H groups in total. The SMILES string of the molecule is O=c1nc([N+](=O)[O-])ccn1O. The van der Waals surface area contributed by atoms with Crippen LogP contribution in [0.25, 0.3) is 0 Å². The Labute approximate surface area is 59.6 Å². The zero-order valence-corrected chi connectivity index (χ0v) is 5.17. The fourth-order valence-electron chi connectivity index (χ4n) is 0.489. The van der Waals surface area contributed by atoms with Crippen LogP contribution < -0.4 is 5.69 Å². The van der Waals surface area contributed by atoms with Crippen LogP contribution in [-0.2, 0) is 0 Å². The minimum absolute atomic E-state index is 0.160. The fraction of sp³-hybridized carbons (Fsp3) is 0. The van der Waals surface area contributed by atoms with E-state index < -0.39 is 16.4 Å². The van der Waals surface area contributed by atoms with Gasteiger partial charge in [0.1, 0.15) is 0 Å². The van der Waals surface area contributed by atoms with Crippen LogP contribution in [0.3, 0.4) is 0 Å². The molecule has 11 heavy (non-hydrogen) atoms. The summed E-state index contributed by atoms with van der Waals surface area (Å²) in [4.78, 5) is 22.5. The van der Waals surface area contributed by atoms with Crippen molar-refractivity contribution in [3.63, 3.8) is 0 Å². The van der Waals surface area contributed by atoms with Gasteiger partial charge < -0.3 is 15.3 Å². The lowest BCUT2D eigenvalue weighted by Crippen LogP contribution is -2.20. The van der Waals surface area contributed by atoms with E-state index in [9.17, 15) is 14.9 Å². The van der Waals surface area contributed by atoms with E-state index in [0.717, 1.165) is 12.3 Å². The van der Waals surface area contributed by atoms with Crippen LogP contribution in [0.2, 0.25) is 0 Å². The van der Waals surface area contributed by atoms with Crippen molar-refractivity contribution in [2.45, 2.75) is 0 Å². The molecule has 0 unspecified atom stereocenters. The highest BCUT2D eigenvalue weighted by Crippen LogP contribution is 1.98. The van der Waals surface area contributed by atoms with Crippen molar-refractivity contribution in [1.82, 2.24) is 9.71 Å². The van der Waals surface area contributed by atoms with Gasteiger partial charge in [-0.25, -0.2) is 4.79 Å². The topological polar surface area (TPSA) is 98.3 Å². The number of nitrogens with zero attached hydrogens (tertiary/aromatic N) is 3. The second-order valence-electron chi connectivity index (χ2n) is 1.67. The van der Waals surface area contributed by atoms with Crippen LogP contribution in [0.1, 0.15) is 0 Å². The largest absolute Gasteiger partial charge is 0.489 e. The van der Waals surface area contributed by atoms with Crippen LogP contribution in [0.5, 0.6) is 0 Å². The van der Waals surface area contributed by atoms with Gasteiger partial charge >= 0.3 is 11.5 Å². The molecule has 0 aliphatic heterocycles. The Morgan fingerprint density at radius 2 is 2.36 bits per heavy atom. The second kappa shape index (κ2) is 2.37. The van der Waals surface area contributed by atoms with Gasteiger partial charge in [-0.05, 0) is 4.92 Å². The molecular weight excluding hydrogens is 154 g/mol. The van der Waals surface area contributed by atoms with Crippen LogP contribution >= 0.6 is 0 Å². The molecule has 1 heterocycles. The molecule has 0 fully saturated rings. The Bertz CT molecular complexity index is 343. The summed E-state index contributed by atoms with van der Waals surface area (Å²) in [6.07, 6.45) is 0.855. The highest BCUT2D eigenvalue weighted by atomic mass is 16.6. The zero-order chi connectivity index (χ0) is 8.43. The monoisotopic (exact) mass is 157 g/mol. The first-order chi connectivity index (χ1) is 5.11. The summed E-state index contributed by atoms with van der Waals surface area (Å²) in [6.45, 7) is 0. The normalized spacial score (nSPS) is 9.45. The molecule has 0 atom stereocenters. The summed E-state index contributed by atoms with van der Waals surface area (Å²) < 4.78 is 0.160. The van der Waals surface area contributed by atoms with Crippen molar-refractivity contribution >= 4 is 5.82 Å². The molecule has 1 aromatic rings. The molecule has 0 spiro atoms. The smallest absolute Gasteiger partial charge is 0.422 e. The molecule has 1 rings (SSSR count). The average Bonchev–Trinajstić information content (AvgIpc) is 1.94. The first kappa shape index (κ1) is 7.19. The van der Waals surface area contributed by atoms with Gasteiger partial charge in [-0.1, -0.05) is 0 Å². The lowest BCUT2D eigenvalue weighted by Gasteiger charge is -1.90. The van der Waals surface area contributed by atoms with Gasteiger partial charge in [-0.15, -0.1) is 4.73 Å². The molecule has 7 heteroatoms. The van der Waals surface area contributed by atoms with Gasteiger partial charge in [0, 0.05) is 4.98 Å². The highest BCUT2D eigenvalue weighted by Gasteiger charge is 2.09. The van der Waals surface area contributed by atoms with Crippen molar-refractivity contribution < 1.29 is 10.1 Å². The summed E-state index contributed by atoms with van der Waals surface area (Å²) in [7, 11) is 0. The molecule has 0 radical (unpaired) electrons. The van der Waals surface area contributed by atoms with E-state index in [4.69, 9.17) is 5.21 Å². The highest BCUT2D eigenvalue weighted by molar-refractivity contribution is 5.13. The fourth-order valence-corrected chi connectivity index (χ4v) is 0.489. The zero-order valence-electron chi connectivity index (χ0n) is 5.17. The Balaban J connectivity index is 3.26. The lowest BCUT2D eigenvalue weighted by atomic mass is 10.6. The van der Waals surface area contributed by atoms with E-state index in [1.807, 2.05) is 0 Å². The van der Waals surface area contributed by atoms with Gasteiger partial charge in [-0.3, -0.25) is 0 Å². The number of nitro groups is 1. The van der Waals surface area contributed by atoms with Crippen molar-refractivity contribution in [3.8, 4) is 0 Å². The maximum atomic E-state index is 10.4. The third-order valence-electron chi connectivity index (χ3n) is 0.958. The standard InChI is InChI=1S/C4H3N3O4/c8-4-5-3(7(10)11)1-2-6(4)9/h1-2,9H. The van der Waals surface area contributed by atoms with Gasteiger partial charge in [0.2, 0.25) is 0 Å². The number of hydrogen-bond donors (Lipinski definition) is 1. The van der Waals surface area contributed by atoms with Gasteiger partial charge in [0.25, 0.3) is 0 Å². The average molecular weight is 157 g/mol. The molecule has 0 bridgehead atoms. The quantitative estimate of drug-likeness (QED) is 0.333. The molecular formula is C4H3N3O4. The Morgan fingerprint density at radius 1 is 1.73 bits per heavy atom. The van der Waals surface area contributed by atoms with Crippen LogP contribution in [0.4, 0.5) is 5.82 Å². The van der Waals surface area contributed by atoms with E-state index in [0.29, 0.717) is 0 Å². The Morgan fingerprint density at radius 3 is 2.82 bits per heavy atom.